The topological polar surface area (TPSA) is 85.6 Å². The Hall–Kier alpha value is -3.55. The third-order valence-corrected chi connectivity index (χ3v) is 4.30. The van der Waals surface area contributed by atoms with Gasteiger partial charge < -0.3 is 15.0 Å². The van der Waals surface area contributed by atoms with Crippen molar-refractivity contribution >= 4 is 41.0 Å². The van der Waals surface area contributed by atoms with Crippen LogP contribution in [0.2, 0.25) is 0 Å². The SMILES string of the molecule is C/C(=C/C(OCC1=[N+]=C(F)C=C1F)=C(/Cl)C=O)Nc1cc(C(=O)/C=C/N(C)C)ncc1C. The van der Waals surface area contributed by atoms with Gasteiger partial charge in [0.1, 0.15) is 22.6 Å². The first kappa shape index (κ1) is 24.7. The van der Waals surface area contributed by atoms with Gasteiger partial charge in [0.25, 0.3) is 0 Å². The highest BCUT2D eigenvalue weighted by Gasteiger charge is 2.28. The van der Waals surface area contributed by atoms with Crippen LogP contribution in [0.5, 0.6) is 0 Å². The number of allylic oxidation sites excluding steroid dienone is 5. The van der Waals surface area contributed by atoms with Gasteiger partial charge in [-0.3, -0.25) is 14.6 Å². The summed E-state index contributed by atoms with van der Waals surface area (Å²) >= 11 is 5.91. The molecule has 0 bridgehead atoms. The quantitative estimate of drug-likeness (QED) is 0.143. The number of aromatic nitrogens is 1. The zero-order chi connectivity index (χ0) is 23.8. The molecule has 0 fully saturated rings. The maximum Gasteiger partial charge on any atom is 0.483 e. The van der Waals surface area contributed by atoms with Gasteiger partial charge in [0.05, 0.1) is 0 Å². The number of carbonyl (C=O) groups excluding carboxylic acids is 2. The average molecular weight is 464 g/mol. The molecule has 1 aromatic heterocycles. The van der Waals surface area contributed by atoms with Crippen LogP contribution in [-0.4, -0.2) is 54.3 Å². The Balaban J connectivity index is 2.22. The van der Waals surface area contributed by atoms with Gasteiger partial charge in [-0.1, -0.05) is 11.6 Å². The number of ether oxygens (including phenoxy) is 1. The smallest absolute Gasteiger partial charge is 0.479 e. The number of anilines is 1. The third kappa shape index (κ3) is 7.01. The van der Waals surface area contributed by atoms with E-state index in [1.807, 2.05) is 0 Å². The van der Waals surface area contributed by atoms with Crippen molar-refractivity contribution in [3.63, 3.8) is 0 Å². The number of nitrogens with one attached hydrogen (secondary N) is 1. The Morgan fingerprint density at radius 1 is 1.38 bits per heavy atom. The number of pyridine rings is 1. The first-order valence-corrected chi connectivity index (χ1v) is 9.74. The predicted molar refractivity (Wildman–Crippen MR) is 121 cm³/mol. The van der Waals surface area contributed by atoms with Gasteiger partial charge in [0, 0.05) is 50.0 Å². The Morgan fingerprint density at radius 2 is 2.09 bits per heavy atom. The minimum Gasteiger partial charge on any atom is -0.479 e. The van der Waals surface area contributed by atoms with Gasteiger partial charge >= 0.3 is 11.7 Å². The van der Waals surface area contributed by atoms with Crippen LogP contribution in [-0.2, 0) is 9.53 Å². The van der Waals surface area contributed by atoms with Crippen molar-refractivity contribution in [1.82, 2.24) is 14.6 Å². The molecule has 0 spiro atoms. The second-order valence-electron chi connectivity index (χ2n) is 6.97. The molecule has 1 aromatic rings. The van der Waals surface area contributed by atoms with E-state index in [1.54, 1.807) is 51.3 Å². The van der Waals surface area contributed by atoms with Gasteiger partial charge in [-0.2, -0.15) is 4.39 Å². The predicted octanol–water partition coefficient (Wildman–Crippen LogP) is 3.37. The zero-order valence-electron chi connectivity index (χ0n) is 17.9. The van der Waals surface area contributed by atoms with Crippen LogP contribution in [0.4, 0.5) is 14.5 Å². The van der Waals surface area contributed by atoms with Crippen molar-refractivity contribution in [2.45, 2.75) is 13.8 Å². The van der Waals surface area contributed by atoms with E-state index in [0.717, 1.165) is 5.56 Å². The molecule has 0 radical (unpaired) electrons. The molecule has 0 unspecified atom stereocenters. The summed E-state index contributed by atoms with van der Waals surface area (Å²) in [6.07, 6.45) is 6.99. The minimum absolute atomic E-state index is 0.0635. The summed E-state index contributed by atoms with van der Waals surface area (Å²) < 4.78 is 35.4. The maximum absolute atomic E-state index is 13.6. The molecule has 0 aliphatic carbocycles. The number of aldehydes is 1. The second-order valence-corrected chi connectivity index (χ2v) is 7.38. The molecule has 0 amide bonds. The van der Waals surface area contributed by atoms with Crippen LogP contribution in [0.15, 0.2) is 59.0 Å². The largest absolute Gasteiger partial charge is 0.483 e. The first-order chi connectivity index (χ1) is 15.1. The fourth-order valence-electron chi connectivity index (χ4n) is 2.43. The minimum atomic E-state index is -0.972. The number of rotatable bonds is 10. The Labute approximate surface area is 189 Å². The van der Waals surface area contributed by atoms with Crippen LogP contribution in [0, 0.1) is 6.92 Å². The highest BCUT2D eigenvalue weighted by molar-refractivity contribution is 6.39. The lowest BCUT2D eigenvalue weighted by atomic mass is 10.1. The lowest BCUT2D eigenvalue weighted by Gasteiger charge is -2.12. The Morgan fingerprint density at radius 3 is 2.69 bits per heavy atom. The highest BCUT2D eigenvalue weighted by Crippen LogP contribution is 2.20. The van der Waals surface area contributed by atoms with Crippen molar-refractivity contribution in [2.75, 3.05) is 26.0 Å². The molecule has 1 aliphatic heterocycles. The Bertz CT molecular complexity index is 1110. The average Bonchev–Trinajstić information content (AvgIpc) is 3.07. The van der Waals surface area contributed by atoms with Gasteiger partial charge in [-0.25, -0.2) is 0 Å². The van der Waals surface area contributed by atoms with E-state index in [4.69, 9.17) is 16.3 Å². The molecule has 10 heteroatoms. The van der Waals surface area contributed by atoms with Crippen LogP contribution in [0.1, 0.15) is 23.0 Å². The first-order valence-electron chi connectivity index (χ1n) is 9.37. The van der Waals surface area contributed by atoms with Crippen molar-refractivity contribution in [3.05, 3.63) is 70.3 Å². The van der Waals surface area contributed by atoms with Crippen LogP contribution in [0.25, 0.3) is 0 Å². The molecular weight excluding hydrogens is 442 g/mol. The molecule has 0 saturated carbocycles. The lowest BCUT2D eigenvalue weighted by Crippen LogP contribution is -2.11. The fourth-order valence-corrected chi connectivity index (χ4v) is 2.54. The number of halogens is 3. The van der Waals surface area contributed by atoms with E-state index in [1.165, 1.54) is 12.2 Å². The van der Waals surface area contributed by atoms with Crippen molar-refractivity contribution in [2.24, 2.45) is 0 Å². The van der Waals surface area contributed by atoms with E-state index in [9.17, 15) is 18.4 Å². The lowest BCUT2D eigenvalue weighted by molar-refractivity contribution is -0.104. The number of hydrogen-bond acceptors (Lipinski definition) is 6. The number of carbonyl (C=O) groups is 2. The number of nitrogens with zero attached hydrogens (tertiary/aromatic N) is 3. The molecular formula is C22H22ClF2N4O3+. The molecule has 168 valence electrons. The molecule has 1 aliphatic rings. The van der Waals surface area contributed by atoms with Crippen LogP contribution >= 0.6 is 11.6 Å². The third-order valence-electron chi connectivity index (χ3n) is 4.03. The van der Waals surface area contributed by atoms with Gasteiger partial charge in [-0.15, -0.1) is 4.39 Å². The number of ketones is 1. The molecule has 0 saturated heterocycles. The van der Waals surface area contributed by atoms with Gasteiger partial charge in [0.15, 0.2) is 12.9 Å². The highest BCUT2D eigenvalue weighted by atomic mass is 35.5. The molecule has 1 N–H and O–H groups in total. The zero-order valence-corrected chi connectivity index (χ0v) is 18.7. The standard InChI is InChI=1S/C22H21ClF2N4O3/c1-13-10-26-18(20(31)5-6-29(3)4)9-17(13)27-14(2)7-21(15(23)11-30)32-12-19-16(24)8-22(25)28-19/h5-11H,12H2,1-4H3/p+1/b6-5+. The molecule has 0 aromatic carbocycles. The fraction of sp³-hybridized carbons (Fsp3) is 0.227. The second kappa shape index (κ2) is 11.2. The summed E-state index contributed by atoms with van der Waals surface area (Å²) in [6, 6.07) is 1.59. The van der Waals surface area contributed by atoms with Crippen molar-refractivity contribution in [1.29, 1.82) is 0 Å². The van der Waals surface area contributed by atoms with Crippen molar-refractivity contribution in [3.8, 4) is 0 Å². The maximum atomic E-state index is 13.6. The van der Waals surface area contributed by atoms with Gasteiger partial charge in [-0.05, 0) is 30.1 Å². The van der Waals surface area contributed by atoms with Crippen LogP contribution in [0.3, 0.4) is 0 Å². The molecule has 2 rings (SSSR count). The van der Waals surface area contributed by atoms with E-state index in [2.05, 4.69) is 15.0 Å². The van der Waals surface area contributed by atoms with E-state index in [0.29, 0.717) is 23.7 Å². The van der Waals surface area contributed by atoms with Crippen molar-refractivity contribution < 1.29 is 23.1 Å². The number of hydrogen-bond donors (Lipinski definition) is 1. The Kier molecular flexibility index (Phi) is 8.63. The molecule has 32 heavy (non-hydrogen) atoms. The van der Waals surface area contributed by atoms with E-state index in [-0.39, 0.29) is 28.0 Å². The molecule has 2 heterocycles. The monoisotopic (exact) mass is 463 g/mol. The van der Waals surface area contributed by atoms with Gasteiger partial charge in [0.2, 0.25) is 11.6 Å². The van der Waals surface area contributed by atoms with E-state index >= 15 is 0 Å². The summed E-state index contributed by atoms with van der Waals surface area (Å²) in [5, 5.41) is 2.82. The molecule has 7 nitrogen and oxygen atoms in total. The normalized spacial score (nSPS) is 14.5. The summed E-state index contributed by atoms with van der Waals surface area (Å²) in [7, 11) is 3.59. The van der Waals surface area contributed by atoms with E-state index < -0.39 is 18.4 Å². The molecule has 0 atom stereocenters. The summed E-state index contributed by atoms with van der Waals surface area (Å²) in [5.74, 6) is -2.17. The summed E-state index contributed by atoms with van der Waals surface area (Å²) in [5.41, 5.74) is 1.84. The summed E-state index contributed by atoms with van der Waals surface area (Å²) in [6.45, 7) is 3.05. The number of aryl methyl sites for hydroxylation is 1. The summed E-state index contributed by atoms with van der Waals surface area (Å²) in [4.78, 5) is 29.3. The van der Waals surface area contributed by atoms with Crippen LogP contribution < -0.4 is 9.98 Å².